The molecule has 2 aromatic rings. The van der Waals surface area contributed by atoms with Crippen LogP contribution in [0.1, 0.15) is 10.4 Å². The second-order valence-electron chi connectivity index (χ2n) is 3.63. The van der Waals surface area contributed by atoms with E-state index in [2.05, 4.69) is 5.32 Å². The Labute approximate surface area is 117 Å². The minimum Gasteiger partial charge on any atom is -0.508 e. The van der Waals surface area contributed by atoms with Gasteiger partial charge >= 0.3 is 0 Å². The molecular formula is C13H9FINO2. The number of phenolic OH excluding ortho intramolecular Hbond substituents is 1. The molecule has 5 heteroatoms. The first-order valence-electron chi connectivity index (χ1n) is 5.12. The first kappa shape index (κ1) is 12.8. The number of carbonyl (C=O) groups excluding carboxylic acids is 1. The lowest BCUT2D eigenvalue weighted by molar-refractivity contribution is 0.102. The molecule has 92 valence electrons. The highest BCUT2D eigenvalue weighted by molar-refractivity contribution is 14.1. The minimum absolute atomic E-state index is 0.0245. The summed E-state index contributed by atoms with van der Waals surface area (Å²) < 4.78 is 13.5. The van der Waals surface area contributed by atoms with Crippen molar-refractivity contribution >= 4 is 34.2 Å². The summed E-state index contributed by atoms with van der Waals surface area (Å²) in [6.45, 7) is 0. The van der Waals surface area contributed by atoms with Crippen LogP contribution in [0.25, 0.3) is 0 Å². The van der Waals surface area contributed by atoms with Crippen molar-refractivity contribution in [2.75, 3.05) is 5.32 Å². The van der Waals surface area contributed by atoms with Gasteiger partial charge in [-0.1, -0.05) is 6.07 Å². The van der Waals surface area contributed by atoms with Crippen molar-refractivity contribution in [3.63, 3.8) is 0 Å². The summed E-state index contributed by atoms with van der Waals surface area (Å²) in [5, 5.41) is 11.9. The number of hydrogen-bond acceptors (Lipinski definition) is 2. The van der Waals surface area contributed by atoms with Gasteiger partial charge in [0.15, 0.2) is 0 Å². The molecule has 0 saturated carbocycles. The van der Waals surface area contributed by atoms with Crippen LogP contribution < -0.4 is 5.32 Å². The van der Waals surface area contributed by atoms with Crippen LogP contribution in [0.4, 0.5) is 10.1 Å². The summed E-state index contributed by atoms with van der Waals surface area (Å²) >= 11 is 1.94. The molecule has 0 aromatic heterocycles. The van der Waals surface area contributed by atoms with Crippen LogP contribution in [-0.2, 0) is 0 Å². The summed E-state index contributed by atoms with van der Waals surface area (Å²) in [4.78, 5) is 11.9. The van der Waals surface area contributed by atoms with Gasteiger partial charge in [-0.15, -0.1) is 0 Å². The Bertz CT molecular complexity index is 601. The molecule has 1 amide bonds. The Morgan fingerprint density at radius 2 is 2.00 bits per heavy atom. The Balaban J connectivity index is 2.21. The highest BCUT2D eigenvalue weighted by Gasteiger charge is 2.09. The van der Waals surface area contributed by atoms with Crippen molar-refractivity contribution in [1.82, 2.24) is 0 Å². The van der Waals surface area contributed by atoms with Crippen molar-refractivity contribution in [3.8, 4) is 5.75 Å². The predicted molar refractivity (Wildman–Crippen MR) is 75.2 cm³/mol. The Kier molecular flexibility index (Phi) is 3.81. The number of rotatable bonds is 2. The first-order valence-corrected chi connectivity index (χ1v) is 6.19. The molecule has 0 unspecified atom stereocenters. The van der Waals surface area contributed by atoms with Crippen molar-refractivity contribution in [3.05, 3.63) is 57.4 Å². The van der Waals surface area contributed by atoms with Gasteiger partial charge in [0.1, 0.15) is 11.6 Å². The zero-order chi connectivity index (χ0) is 13.1. The van der Waals surface area contributed by atoms with Crippen molar-refractivity contribution in [2.45, 2.75) is 0 Å². The van der Waals surface area contributed by atoms with Crippen molar-refractivity contribution < 1.29 is 14.3 Å². The number of anilines is 1. The number of halogens is 2. The summed E-state index contributed by atoms with van der Waals surface area (Å²) in [6.07, 6.45) is 0. The quantitative estimate of drug-likeness (QED) is 0.810. The molecule has 0 bridgehead atoms. The van der Waals surface area contributed by atoms with Gasteiger partial charge in [0.2, 0.25) is 0 Å². The van der Waals surface area contributed by atoms with E-state index in [-0.39, 0.29) is 17.5 Å². The van der Waals surface area contributed by atoms with E-state index in [1.54, 1.807) is 12.1 Å². The van der Waals surface area contributed by atoms with E-state index in [9.17, 15) is 14.3 Å². The number of nitrogens with one attached hydrogen (secondary N) is 1. The van der Waals surface area contributed by atoms with E-state index in [0.29, 0.717) is 14.8 Å². The molecule has 2 rings (SSSR count). The lowest BCUT2D eigenvalue weighted by Gasteiger charge is -2.07. The van der Waals surface area contributed by atoms with Crippen molar-refractivity contribution in [1.29, 1.82) is 0 Å². The zero-order valence-corrected chi connectivity index (χ0v) is 11.3. The third-order valence-electron chi connectivity index (χ3n) is 2.29. The fourth-order valence-electron chi connectivity index (χ4n) is 1.43. The molecule has 2 N–H and O–H groups in total. The smallest absolute Gasteiger partial charge is 0.255 e. The van der Waals surface area contributed by atoms with E-state index in [1.165, 1.54) is 30.3 Å². The van der Waals surface area contributed by atoms with Gasteiger partial charge in [0.05, 0.1) is 5.69 Å². The minimum atomic E-state index is -0.352. The van der Waals surface area contributed by atoms with Crippen LogP contribution in [0.5, 0.6) is 5.75 Å². The van der Waals surface area contributed by atoms with Gasteiger partial charge in [-0.05, 0) is 59.0 Å². The molecule has 0 aliphatic heterocycles. The lowest BCUT2D eigenvalue weighted by atomic mass is 10.2. The van der Waals surface area contributed by atoms with E-state index in [1.807, 2.05) is 22.6 Å². The van der Waals surface area contributed by atoms with Crippen LogP contribution in [0.3, 0.4) is 0 Å². The highest BCUT2D eigenvalue weighted by Crippen LogP contribution is 2.20. The van der Waals surface area contributed by atoms with Gasteiger partial charge < -0.3 is 10.4 Å². The molecule has 0 heterocycles. The predicted octanol–water partition coefficient (Wildman–Crippen LogP) is 3.39. The van der Waals surface area contributed by atoms with Crippen LogP contribution in [-0.4, -0.2) is 11.0 Å². The second-order valence-corrected chi connectivity index (χ2v) is 4.79. The van der Waals surface area contributed by atoms with E-state index >= 15 is 0 Å². The first-order chi connectivity index (χ1) is 8.56. The van der Waals surface area contributed by atoms with Crippen LogP contribution >= 0.6 is 22.6 Å². The Morgan fingerprint density at radius 3 is 2.67 bits per heavy atom. The SMILES string of the molecule is O=C(Nc1ccc(F)cc1I)c1cccc(O)c1. The third-order valence-corrected chi connectivity index (χ3v) is 3.18. The van der Waals surface area contributed by atoms with Gasteiger partial charge in [0.25, 0.3) is 5.91 Å². The second kappa shape index (κ2) is 5.34. The van der Waals surface area contributed by atoms with Crippen LogP contribution in [0, 0.1) is 9.39 Å². The number of hydrogen-bond donors (Lipinski definition) is 2. The molecule has 0 atom stereocenters. The molecule has 0 saturated heterocycles. The average molecular weight is 357 g/mol. The molecular weight excluding hydrogens is 348 g/mol. The van der Waals surface area contributed by atoms with E-state index in [0.717, 1.165) is 0 Å². The average Bonchev–Trinajstić information content (AvgIpc) is 2.32. The monoisotopic (exact) mass is 357 g/mol. The maximum Gasteiger partial charge on any atom is 0.255 e. The van der Waals surface area contributed by atoms with Crippen LogP contribution in [0.15, 0.2) is 42.5 Å². The van der Waals surface area contributed by atoms with Gasteiger partial charge in [-0.25, -0.2) is 4.39 Å². The summed E-state index contributed by atoms with van der Waals surface area (Å²) in [6, 6.07) is 10.1. The Morgan fingerprint density at radius 1 is 1.22 bits per heavy atom. The molecule has 0 spiro atoms. The fourth-order valence-corrected chi connectivity index (χ4v) is 2.04. The highest BCUT2D eigenvalue weighted by atomic mass is 127. The number of amides is 1. The number of aromatic hydroxyl groups is 1. The fraction of sp³-hybridized carbons (Fsp3) is 0. The number of benzene rings is 2. The topological polar surface area (TPSA) is 49.3 Å². The van der Waals surface area contributed by atoms with E-state index in [4.69, 9.17) is 0 Å². The molecule has 0 aliphatic carbocycles. The maximum absolute atomic E-state index is 12.9. The Hall–Kier alpha value is -1.63. The maximum atomic E-state index is 12.9. The summed E-state index contributed by atoms with van der Waals surface area (Å²) in [5.41, 5.74) is 0.875. The van der Waals surface area contributed by atoms with E-state index < -0.39 is 0 Å². The van der Waals surface area contributed by atoms with Gasteiger partial charge in [-0.2, -0.15) is 0 Å². The summed E-state index contributed by atoms with van der Waals surface area (Å²) in [5.74, 6) is -0.679. The zero-order valence-electron chi connectivity index (χ0n) is 9.15. The van der Waals surface area contributed by atoms with Gasteiger partial charge in [-0.3, -0.25) is 4.79 Å². The standard InChI is InChI=1S/C13H9FINO2/c14-9-4-5-12(11(15)7-9)16-13(18)8-2-1-3-10(17)6-8/h1-7,17H,(H,16,18). The lowest BCUT2D eigenvalue weighted by Crippen LogP contribution is -2.12. The normalized spacial score (nSPS) is 10.1. The number of carbonyl (C=O) groups is 1. The molecule has 0 fully saturated rings. The van der Waals surface area contributed by atoms with Crippen LogP contribution in [0.2, 0.25) is 0 Å². The molecule has 0 aliphatic rings. The molecule has 18 heavy (non-hydrogen) atoms. The summed E-state index contributed by atoms with van der Waals surface area (Å²) in [7, 11) is 0. The largest absolute Gasteiger partial charge is 0.508 e. The molecule has 2 aromatic carbocycles. The number of phenols is 1. The van der Waals surface area contributed by atoms with Crippen molar-refractivity contribution in [2.24, 2.45) is 0 Å². The molecule has 0 radical (unpaired) electrons. The third kappa shape index (κ3) is 2.98. The van der Waals surface area contributed by atoms with Gasteiger partial charge in [0, 0.05) is 9.13 Å². The molecule has 3 nitrogen and oxygen atoms in total.